The summed E-state index contributed by atoms with van der Waals surface area (Å²) in [6, 6.07) is 13.7. The van der Waals surface area contributed by atoms with Crippen LogP contribution in [0.25, 0.3) is 10.8 Å². The van der Waals surface area contributed by atoms with Gasteiger partial charge in [0.2, 0.25) is 0 Å². The van der Waals surface area contributed by atoms with Gasteiger partial charge in [0.1, 0.15) is 5.15 Å². The standard InChI is InChI=1S/C20H17ClN2O.C6H12O.C3H8/c1-3-22-20-17-7-5-4-6-16(17)15(11-18(20)13(2)24)10-14-8-9-19(21)23-12-14;1-6-2-4-7-5-3-6;1-3-2/h3-9,11-12H,10H2,1-2H3;6H,2-5H2,1H3;3H2,1-2H3. The molecule has 2 aromatic carbocycles. The van der Waals surface area contributed by atoms with Crippen LogP contribution in [-0.4, -0.2) is 30.2 Å². The highest BCUT2D eigenvalue weighted by Gasteiger charge is 2.14. The lowest BCUT2D eigenvalue weighted by molar-refractivity contribution is 0.0716. The molecule has 0 atom stereocenters. The lowest BCUT2D eigenvalue weighted by Crippen LogP contribution is -2.12. The molecule has 3 aromatic rings. The molecule has 0 spiro atoms. The number of nitrogens with zero attached hydrogens (tertiary/aromatic N) is 2. The minimum absolute atomic E-state index is 0.0110. The van der Waals surface area contributed by atoms with E-state index in [1.165, 1.54) is 19.3 Å². The topological polar surface area (TPSA) is 51.5 Å². The first kappa shape index (κ1) is 27.7. The van der Waals surface area contributed by atoms with Crippen LogP contribution in [0.2, 0.25) is 5.15 Å². The van der Waals surface area contributed by atoms with Gasteiger partial charge >= 0.3 is 0 Å². The number of aliphatic imine (C=N–C) groups is 1. The summed E-state index contributed by atoms with van der Waals surface area (Å²) >= 11 is 5.86. The summed E-state index contributed by atoms with van der Waals surface area (Å²) in [5.74, 6) is 0.922. The van der Waals surface area contributed by atoms with E-state index in [0.717, 1.165) is 46.7 Å². The van der Waals surface area contributed by atoms with Crippen LogP contribution in [0, 0.1) is 5.92 Å². The number of benzene rings is 2. The van der Waals surface area contributed by atoms with Crippen molar-refractivity contribution in [1.29, 1.82) is 0 Å². The Balaban J connectivity index is 0.000000341. The quantitative estimate of drug-likeness (QED) is 0.214. The number of ketones is 1. The van der Waals surface area contributed by atoms with E-state index in [1.54, 1.807) is 25.4 Å². The van der Waals surface area contributed by atoms with Crippen LogP contribution >= 0.6 is 11.6 Å². The number of hydrogen-bond acceptors (Lipinski definition) is 4. The molecule has 182 valence electrons. The number of Topliss-reactive ketones (excluding diaryl/α,β-unsaturated/α-hetero) is 1. The molecule has 1 aliphatic rings. The molecule has 0 aliphatic carbocycles. The van der Waals surface area contributed by atoms with Crippen LogP contribution in [0.3, 0.4) is 0 Å². The van der Waals surface area contributed by atoms with Crippen molar-refractivity contribution in [3.63, 3.8) is 0 Å². The smallest absolute Gasteiger partial charge is 0.162 e. The highest BCUT2D eigenvalue weighted by atomic mass is 35.5. The molecule has 34 heavy (non-hydrogen) atoms. The summed E-state index contributed by atoms with van der Waals surface area (Å²) in [5, 5.41) is 2.55. The van der Waals surface area contributed by atoms with E-state index in [-0.39, 0.29) is 5.78 Å². The molecule has 0 bridgehead atoms. The minimum atomic E-state index is 0.0110. The number of carbonyl (C=O) groups is 1. The molecule has 5 heteroatoms. The summed E-state index contributed by atoms with van der Waals surface area (Å²) in [5.41, 5.74) is 3.50. The van der Waals surface area contributed by atoms with Crippen molar-refractivity contribution in [3.8, 4) is 0 Å². The first-order valence-corrected chi connectivity index (χ1v) is 12.5. The van der Waals surface area contributed by atoms with Crippen LogP contribution < -0.4 is 0 Å². The third kappa shape index (κ3) is 8.34. The second-order valence-corrected chi connectivity index (χ2v) is 8.98. The van der Waals surface area contributed by atoms with Gasteiger partial charge < -0.3 is 4.74 Å². The van der Waals surface area contributed by atoms with Gasteiger partial charge in [0.25, 0.3) is 0 Å². The Hall–Kier alpha value is -2.56. The molecule has 2 heterocycles. The number of rotatable bonds is 4. The highest BCUT2D eigenvalue weighted by Crippen LogP contribution is 2.34. The third-order valence-electron chi connectivity index (χ3n) is 5.43. The number of aromatic nitrogens is 1. The first-order chi connectivity index (χ1) is 16.4. The lowest BCUT2D eigenvalue weighted by Gasteiger charge is -2.16. The predicted molar refractivity (Wildman–Crippen MR) is 145 cm³/mol. The van der Waals surface area contributed by atoms with E-state index in [0.29, 0.717) is 17.1 Å². The fourth-order valence-corrected chi connectivity index (χ4v) is 3.78. The summed E-state index contributed by atoms with van der Waals surface area (Å²) in [7, 11) is 0. The van der Waals surface area contributed by atoms with Crippen LogP contribution in [0.4, 0.5) is 5.69 Å². The average Bonchev–Trinajstić information content (AvgIpc) is 2.83. The van der Waals surface area contributed by atoms with E-state index in [4.69, 9.17) is 16.3 Å². The molecule has 1 fully saturated rings. The molecule has 0 amide bonds. The highest BCUT2D eigenvalue weighted by molar-refractivity contribution is 6.29. The van der Waals surface area contributed by atoms with E-state index >= 15 is 0 Å². The Morgan fingerprint density at radius 2 is 1.79 bits per heavy atom. The maximum absolute atomic E-state index is 12.1. The Kier molecular flexibility index (Phi) is 11.9. The second-order valence-electron chi connectivity index (χ2n) is 8.59. The van der Waals surface area contributed by atoms with E-state index in [1.807, 2.05) is 37.3 Å². The van der Waals surface area contributed by atoms with Crippen molar-refractivity contribution >= 4 is 40.1 Å². The maximum Gasteiger partial charge on any atom is 0.162 e. The molecule has 1 saturated heterocycles. The molecule has 0 unspecified atom stereocenters. The number of halogens is 1. The van der Waals surface area contributed by atoms with Gasteiger partial charge in [-0.2, -0.15) is 0 Å². The Morgan fingerprint density at radius 1 is 1.15 bits per heavy atom. The van der Waals surface area contributed by atoms with Gasteiger partial charge in [0.15, 0.2) is 5.78 Å². The monoisotopic (exact) mass is 480 g/mol. The average molecular weight is 481 g/mol. The van der Waals surface area contributed by atoms with Gasteiger partial charge in [0, 0.05) is 36.6 Å². The number of pyridine rings is 1. The van der Waals surface area contributed by atoms with Crippen LogP contribution in [0.1, 0.15) is 75.4 Å². The zero-order valence-corrected chi connectivity index (χ0v) is 21.9. The fraction of sp³-hybridized carbons (Fsp3) is 0.414. The van der Waals surface area contributed by atoms with Gasteiger partial charge in [-0.25, -0.2) is 4.98 Å². The molecule has 0 N–H and O–H groups in total. The van der Waals surface area contributed by atoms with E-state index < -0.39 is 0 Å². The van der Waals surface area contributed by atoms with Crippen molar-refractivity contribution in [2.24, 2.45) is 10.9 Å². The van der Waals surface area contributed by atoms with Crippen LogP contribution in [-0.2, 0) is 11.2 Å². The largest absolute Gasteiger partial charge is 0.381 e. The SMILES string of the molecule is CC1CCOCC1.CC=Nc1c(C(C)=O)cc(Cc2ccc(Cl)nc2)c2ccccc12.CCC. The normalized spacial score (nSPS) is 13.7. The summed E-state index contributed by atoms with van der Waals surface area (Å²) in [4.78, 5) is 20.7. The van der Waals surface area contributed by atoms with Crippen molar-refractivity contribution in [2.45, 2.75) is 60.3 Å². The molecule has 0 radical (unpaired) electrons. The zero-order valence-electron chi connectivity index (χ0n) is 21.1. The predicted octanol–water partition coefficient (Wildman–Crippen LogP) is 8.25. The van der Waals surface area contributed by atoms with Crippen molar-refractivity contribution < 1.29 is 9.53 Å². The maximum atomic E-state index is 12.1. The van der Waals surface area contributed by atoms with E-state index in [2.05, 4.69) is 36.8 Å². The summed E-state index contributed by atoms with van der Waals surface area (Å²) < 4.78 is 5.14. The van der Waals surface area contributed by atoms with Crippen molar-refractivity contribution in [3.05, 3.63) is 70.5 Å². The number of hydrogen-bond donors (Lipinski definition) is 0. The summed E-state index contributed by atoms with van der Waals surface area (Å²) in [6.45, 7) is 11.9. The molecular weight excluding hydrogens is 444 g/mol. The molecule has 0 saturated carbocycles. The van der Waals surface area contributed by atoms with Crippen molar-refractivity contribution in [1.82, 2.24) is 4.98 Å². The van der Waals surface area contributed by atoms with Gasteiger partial charge in [-0.15, -0.1) is 0 Å². The van der Waals surface area contributed by atoms with Gasteiger partial charge in [0.05, 0.1) is 5.69 Å². The minimum Gasteiger partial charge on any atom is -0.381 e. The molecule has 4 rings (SSSR count). The van der Waals surface area contributed by atoms with Gasteiger partial charge in [-0.1, -0.05) is 69.1 Å². The second kappa shape index (κ2) is 14.6. The lowest BCUT2D eigenvalue weighted by atomic mass is 9.93. The summed E-state index contributed by atoms with van der Waals surface area (Å²) in [6.07, 6.45) is 7.95. The zero-order chi connectivity index (χ0) is 24.9. The molecule has 1 aliphatic heterocycles. The Morgan fingerprint density at radius 3 is 2.29 bits per heavy atom. The Bertz CT molecular complexity index is 1070. The first-order valence-electron chi connectivity index (χ1n) is 12.1. The van der Waals surface area contributed by atoms with Crippen LogP contribution in [0.5, 0.6) is 0 Å². The number of carbonyl (C=O) groups excluding carboxylic acids is 1. The Labute approximate surface area is 209 Å². The van der Waals surface area contributed by atoms with E-state index in [9.17, 15) is 4.79 Å². The molecule has 4 nitrogen and oxygen atoms in total. The van der Waals surface area contributed by atoms with Gasteiger partial charge in [-0.3, -0.25) is 9.79 Å². The number of fused-ring (bicyclic) bond motifs is 1. The fourth-order valence-electron chi connectivity index (χ4n) is 3.66. The van der Waals surface area contributed by atoms with Gasteiger partial charge in [-0.05, 0) is 67.7 Å². The van der Waals surface area contributed by atoms with Crippen LogP contribution in [0.15, 0.2) is 53.7 Å². The third-order valence-corrected chi connectivity index (χ3v) is 5.66. The molecular formula is C29H37ClN2O2. The molecule has 1 aromatic heterocycles. The number of ether oxygens (including phenoxy) is 1. The van der Waals surface area contributed by atoms with Crippen molar-refractivity contribution in [2.75, 3.05) is 13.2 Å².